The van der Waals surface area contributed by atoms with Crippen molar-refractivity contribution < 1.29 is 13.9 Å². The van der Waals surface area contributed by atoms with Crippen LogP contribution < -0.4 is 10.5 Å². The van der Waals surface area contributed by atoms with E-state index in [9.17, 15) is 9.18 Å². The standard InChI is InChI=1S/C25H29FN2O2.ClH/c26-24-6-5-22(30-21-3-1-16(2-4-21)7-8-27)14-23(24)25(29)28-15-19-10-17-9-18(11-19)13-20(28)12-17;/h1-6,14,17-20H,7-13,15,27H2;1H. The zero-order valence-corrected chi connectivity index (χ0v) is 18.5. The summed E-state index contributed by atoms with van der Waals surface area (Å²) in [5.74, 6) is 2.53. The summed E-state index contributed by atoms with van der Waals surface area (Å²) in [7, 11) is 0. The fraction of sp³-hybridized carbons (Fsp3) is 0.480. The number of nitrogens with zero attached hydrogens (tertiary/aromatic N) is 1. The van der Waals surface area contributed by atoms with Gasteiger partial charge in [0.1, 0.15) is 17.3 Å². The third-order valence-electron chi connectivity index (χ3n) is 7.13. The van der Waals surface area contributed by atoms with Gasteiger partial charge in [-0.2, -0.15) is 0 Å². The van der Waals surface area contributed by atoms with Crippen molar-refractivity contribution in [1.29, 1.82) is 0 Å². The molecule has 4 bridgehead atoms. The molecule has 4 aliphatic rings. The number of rotatable bonds is 5. The number of amides is 1. The highest BCUT2D eigenvalue weighted by molar-refractivity contribution is 5.95. The van der Waals surface area contributed by atoms with Crippen molar-refractivity contribution in [3.63, 3.8) is 0 Å². The van der Waals surface area contributed by atoms with E-state index in [1.54, 1.807) is 12.1 Å². The van der Waals surface area contributed by atoms with E-state index in [2.05, 4.69) is 0 Å². The molecular weight excluding hydrogens is 415 g/mol. The molecule has 2 N–H and O–H groups in total. The SMILES string of the molecule is Cl.NCCc1ccc(Oc2ccc(F)c(C(=O)N3CC4CC5CC(C4)CC3C5)c2)cc1. The van der Waals surface area contributed by atoms with Crippen LogP contribution in [0.5, 0.6) is 11.5 Å². The van der Waals surface area contributed by atoms with Gasteiger partial charge in [0.15, 0.2) is 0 Å². The molecule has 2 saturated heterocycles. The van der Waals surface area contributed by atoms with Crippen molar-refractivity contribution in [1.82, 2.24) is 4.90 Å². The number of hydrogen-bond acceptors (Lipinski definition) is 3. The average Bonchev–Trinajstić information content (AvgIpc) is 2.94. The Morgan fingerprint density at radius 3 is 2.29 bits per heavy atom. The van der Waals surface area contributed by atoms with Gasteiger partial charge in [0.05, 0.1) is 5.56 Å². The highest BCUT2D eigenvalue weighted by atomic mass is 35.5. The summed E-state index contributed by atoms with van der Waals surface area (Å²) in [4.78, 5) is 15.3. The highest BCUT2D eigenvalue weighted by Gasteiger charge is 2.44. The minimum atomic E-state index is -0.477. The number of hydrogen-bond donors (Lipinski definition) is 1. The molecule has 6 heteroatoms. The van der Waals surface area contributed by atoms with Gasteiger partial charge in [-0.15, -0.1) is 12.4 Å². The minimum absolute atomic E-state index is 0. The Hall–Kier alpha value is -2.11. The summed E-state index contributed by atoms with van der Waals surface area (Å²) in [6.45, 7) is 1.37. The van der Waals surface area contributed by atoms with Crippen LogP contribution in [0.1, 0.15) is 48.0 Å². The molecule has 166 valence electrons. The topological polar surface area (TPSA) is 55.6 Å². The lowest BCUT2D eigenvalue weighted by Gasteiger charge is -2.39. The molecule has 6 rings (SSSR count). The summed E-state index contributed by atoms with van der Waals surface area (Å²) in [6, 6.07) is 12.4. The summed E-state index contributed by atoms with van der Waals surface area (Å²) in [6.07, 6.45) is 6.73. The molecule has 2 saturated carbocycles. The maximum atomic E-state index is 14.7. The molecule has 0 radical (unpaired) electrons. The number of carbonyl (C=O) groups is 1. The van der Waals surface area contributed by atoms with Crippen molar-refractivity contribution in [3.8, 4) is 11.5 Å². The second-order valence-corrected chi connectivity index (χ2v) is 9.31. The summed E-state index contributed by atoms with van der Waals surface area (Å²) >= 11 is 0. The zero-order chi connectivity index (χ0) is 20.7. The van der Waals surface area contributed by atoms with E-state index < -0.39 is 5.82 Å². The average molecular weight is 445 g/mol. The van der Waals surface area contributed by atoms with Gasteiger partial charge in [0, 0.05) is 12.6 Å². The molecule has 2 aromatic carbocycles. The van der Waals surface area contributed by atoms with Gasteiger partial charge in [0.25, 0.3) is 5.91 Å². The number of benzene rings is 2. The molecular formula is C25H30ClFN2O2. The van der Waals surface area contributed by atoms with Crippen LogP contribution in [0.3, 0.4) is 0 Å². The fourth-order valence-electron chi connectivity index (χ4n) is 5.95. The third-order valence-corrected chi connectivity index (χ3v) is 7.13. The molecule has 0 spiro atoms. The van der Waals surface area contributed by atoms with E-state index in [4.69, 9.17) is 10.5 Å². The summed E-state index contributed by atoms with van der Waals surface area (Å²) in [5, 5.41) is 0. The second kappa shape index (κ2) is 9.17. The van der Waals surface area contributed by atoms with Crippen LogP contribution in [0, 0.1) is 23.6 Å². The number of carbonyl (C=O) groups excluding carboxylic acids is 1. The van der Waals surface area contributed by atoms with Gasteiger partial charge < -0.3 is 15.4 Å². The lowest BCUT2D eigenvalue weighted by Crippen LogP contribution is -2.42. The smallest absolute Gasteiger partial charge is 0.257 e. The largest absolute Gasteiger partial charge is 0.457 e. The molecule has 2 aromatic rings. The van der Waals surface area contributed by atoms with Crippen molar-refractivity contribution in [2.45, 2.75) is 44.6 Å². The van der Waals surface area contributed by atoms with Crippen molar-refractivity contribution >= 4 is 18.3 Å². The normalized spacial score (nSPS) is 26.3. The maximum absolute atomic E-state index is 14.7. The third kappa shape index (κ3) is 4.58. The molecule has 2 atom stereocenters. The summed E-state index contributed by atoms with van der Waals surface area (Å²) in [5.41, 5.74) is 6.85. The first-order valence-electron chi connectivity index (χ1n) is 11.2. The second-order valence-electron chi connectivity index (χ2n) is 9.31. The first-order valence-corrected chi connectivity index (χ1v) is 11.2. The molecule has 31 heavy (non-hydrogen) atoms. The van der Waals surface area contributed by atoms with Gasteiger partial charge in [-0.05, 0) is 98.7 Å². The van der Waals surface area contributed by atoms with E-state index in [-0.39, 0.29) is 29.9 Å². The van der Waals surface area contributed by atoms with Crippen molar-refractivity contribution in [2.24, 2.45) is 23.5 Å². The van der Waals surface area contributed by atoms with E-state index >= 15 is 0 Å². The highest BCUT2D eigenvalue weighted by Crippen LogP contribution is 2.47. The van der Waals surface area contributed by atoms with E-state index in [1.807, 2.05) is 29.2 Å². The fourth-order valence-corrected chi connectivity index (χ4v) is 5.95. The number of fused-ring (bicyclic) bond motifs is 1. The molecule has 1 amide bonds. The van der Waals surface area contributed by atoms with E-state index in [0.29, 0.717) is 24.0 Å². The summed E-state index contributed by atoms with van der Waals surface area (Å²) < 4.78 is 20.6. The molecule has 2 heterocycles. The number of nitrogens with two attached hydrogens (primary N) is 1. The Morgan fingerprint density at radius 2 is 1.61 bits per heavy atom. The van der Waals surface area contributed by atoms with Gasteiger partial charge >= 0.3 is 0 Å². The molecule has 2 aliphatic heterocycles. The number of ether oxygens (including phenoxy) is 1. The Morgan fingerprint density at radius 1 is 0.968 bits per heavy atom. The van der Waals surface area contributed by atoms with Gasteiger partial charge in [-0.25, -0.2) is 4.39 Å². The van der Waals surface area contributed by atoms with Crippen LogP contribution in [0.4, 0.5) is 4.39 Å². The maximum Gasteiger partial charge on any atom is 0.257 e. The van der Waals surface area contributed by atoms with Gasteiger partial charge in [0.2, 0.25) is 0 Å². The van der Waals surface area contributed by atoms with Crippen LogP contribution in [-0.4, -0.2) is 29.9 Å². The lowest BCUT2D eigenvalue weighted by atomic mass is 9.68. The van der Waals surface area contributed by atoms with Crippen LogP contribution in [0.15, 0.2) is 42.5 Å². The molecule has 4 fully saturated rings. The molecule has 2 aliphatic carbocycles. The Balaban J connectivity index is 0.00000231. The predicted molar refractivity (Wildman–Crippen MR) is 121 cm³/mol. The minimum Gasteiger partial charge on any atom is -0.457 e. The Kier molecular flexibility index (Phi) is 6.54. The van der Waals surface area contributed by atoms with Crippen LogP contribution >= 0.6 is 12.4 Å². The predicted octanol–water partition coefficient (Wildman–Crippen LogP) is 5.19. The molecule has 2 unspecified atom stereocenters. The molecule has 4 nitrogen and oxygen atoms in total. The van der Waals surface area contributed by atoms with E-state index in [1.165, 1.54) is 25.3 Å². The first kappa shape index (κ1) is 22.1. The van der Waals surface area contributed by atoms with Crippen molar-refractivity contribution in [2.75, 3.05) is 13.1 Å². The van der Waals surface area contributed by atoms with Crippen LogP contribution in [0.25, 0.3) is 0 Å². The van der Waals surface area contributed by atoms with Crippen LogP contribution in [-0.2, 0) is 6.42 Å². The Labute approximate surface area is 189 Å². The quantitative estimate of drug-likeness (QED) is 0.690. The monoisotopic (exact) mass is 444 g/mol. The lowest BCUT2D eigenvalue weighted by molar-refractivity contribution is 0.0627. The zero-order valence-electron chi connectivity index (χ0n) is 17.6. The van der Waals surface area contributed by atoms with Gasteiger partial charge in [-0.3, -0.25) is 4.79 Å². The Bertz CT molecular complexity index is 922. The van der Waals surface area contributed by atoms with Crippen molar-refractivity contribution in [3.05, 3.63) is 59.4 Å². The first-order chi connectivity index (χ1) is 14.6. The number of halogens is 2. The van der Waals surface area contributed by atoms with Crippen LogP contribution in [0.2, 0.25) is 0 Å². The molecule has 0 aromatic heterocycles. The van der Waals surface area contributed by atoms with E-state index in [0.717, 1.165) is 43.2 Å². The van der Waals surface area contributed by atoms with Gasteiger partial charge in [-0.1, -0.05) is 12.1 Å².